The lowest BCUT2D eigenvalue weighted by Crippen LogP contribution is -2.36. The number of fused-ring (bicyclic) bond motifs is 1. The van der Waals surface area contributed by atoms with Gasteiger partial charge in [0.05, 0.1) is 26.2 Å². The number of ether oxygens (including phenoxy) is 2. The molecule has 0 aliphatic carbocycles. The van der Waals surface area contributed by atoms with Crippen LogP contribution in [0, 0.1) is 5.82 Å². The number of amides is 2. The molecule has 37 heavy (non-hydrogen) atoms. The van der Waals surface area contributed by atoms with E-state index in [-0.39, 0.29) is 36.4 Å². The summed E-state index contributed by atoms with van der Waals surface area (Å²) >= 11 is 0. The molecule has 2 N–H and O–H groups in total. The first kappa shape index (κ1) is 26.2. The quantitative estimate of drug-likeness (QED) is 0.475. The Morgan fingerprint density at radius 1 is 1.08 bits per heavy atom. The molecule has 1 atom stereocenters. The summed E-state index contributed by atoms with van der Waals surface area (Å²) in [5, 5.41) is 13.9. The van der Waals surface area contributed by atoms with Gasteiger partial charge in [-0.05, 0) is 73.9 Å². The fourth-order valence-corrected chi connectivity index (χ4v) is 4.52. The van der Waals surface area contributed by atoms with Crippen molar-refractivity contribution in [2.45, 2.75) is 52.4 Å². The van der Waals surface area contributed by atoms with Crippen LogP contribution in [0.25, 0.3) is 0 Å². The SMILES string of the molecule is COc1cc2c(cc1OC(C)C)CN(c1ccc(C(C)(O)c3ccc(NC(C)=O)cc3)c(F)c1)C(=O)C2. The molecule has 194 valence electrons. The topological polar surface area (TPSA) is 88.1 Å². The Bertz CT molecular complexity index is 1330. The third kappa shape index (κ3) is 5.44. The Balaban J connectivity index is 1.61. The van der Waals surface area contributed by atoms with Gasteiger partial charge in [-0.1, -0.05) is 18.2 Å². The van der Waals surface area contributed by atoms with Crippen molar-refractivity contribution in [2.24, 2.45) is 0 Å². The Morgan fingerprint density at radius 2 is 1.76 bits per heavy atom. The zero-order valence-electron chi connectivity index (χ0n) is 21.6. The van der Waals surface area contributed by atoms with Crippen LogP contribution in [-0.2, 0) is 28.2 Å². The normalized spacial score (nSPS) is 14.7. The van der Waals surface area contributed by atoms with Crippen LogP contribution in [0.3, 0.4) is 0 Å². The summed E-state index contributed by atoms with van der Waals surface area (Å²) in [6.45, 7) is 7.01. The number of carbonyl (C=O) groups is 2. The average Bonchev–Trinajstić information content (AvgIpc) is 2.83. The smallest absolute Gasteiger partial charge is 0.231 e. The van der Waals surface area contributed by atoms with E-state index in [0.29, 0.717) is 28.4 Å². The van der Waals surface area contributed by atoms with Crippen molar-refractivity contribution in [3.8, 4) is 11.5 Å². The maximum absolute atomic E-state index is 15.4. The van der Waals surface area contributed by atoms with Crippen molar-refractivity contribution in [2.75, 3.05) is 17.3 Å². The number of benzene rings is 3. The summed E-state index contributed by atoms with van der Waals surface area (Å²) in [5.74, 6) is 0.146. The molecule has 0 saturated heterocycles. The fraction of sp³-hybridized carbons (Fsp3) is 0.310. The van der Waals surface area contributed by atoms with Crippen molar-refractivity contribution < 1.29 is 28.6 Å². The second-order valence-electron chi connectivity index (χ2n) is 9.59. The van der Waals surface area contributed by atoms with Crippen molar-refractivity contribution >= 4 is 23.2 Å². The van der Waals surface area contributed by atoms with Gasteiger partial charge >= 0.3 is 0 Å². The summed E-state index contributed by atoms with van der Waals surface area (Å²) in [6, 6.07) is 14.7. The monoisotopic (exact) mass is 506 g/mol. The highest BCUT2D eigenvalue weighted by atomic mass is 19.1. The predicted molar refractivity (Wildman–Crippen MR) is 139 cm³/mol. The van der Waals surface area contributed by atoms with Gasteiger partial charge in [-0.3, -0.25) is 9.59 Å². The standard InChI is InChI=1S/C29H31FN2O5/c1-17(2)37-27-13-20-16-32(28(34)14-19(20)12-26(27)36-5)23-10-11-24(25(30)15-23)29(4,35)21-6-8-22(9-7-21)31-18(3)33/h6-13,15,17,35H,14,16H2,1-5H3,(H,31,33). The first-order valence-corrected chi connectivity index (χ1v) is 12.1. The van der Waals surface area contributed by atoms with E-state index in [0.717, 1.165) is 11.1 Å². The molecule has 0 saturated carbocycles. The molecule has 1 aliphatic rings. The second-order valence-corrected chi connectivity index (χ2v) is 9.59. The molecule has 1 unspecified atom stereocenters. The maximum atomic E-state index is 15.4. The number of carbonyl (C=O) groups excluding carboxylic acids is 2. The van der Waals surface area contributed by atoms with E-state index >= 15 is 4.39 Å². The van der Waals surface area contributed by atoms with Crippen LogP contribution in [0.4, 0.5) is 15.8 Å². The average molecular weight is 507 g/mol. The summed E-state index contributed by atoms with van der Waals surface area (Å²) in [5.41, 5.74) is 1.62. The highest BCUT2D eigenvalue weighted by Gasteiger charge is 2.31. The number of halogens is 1. The molecule has 2 amide bonds. The molecule has 8 heteroatoms. The Kier molecular flexibility index (Phi) is 7.23. The molecule has 0 radical (unpaired) electrons. The van der Waals surface area contributed by atoms with E-state index in [1.807, 2.05) is 26.0 Å². The summed E-state index contributed by atoms with van der Waals surface area (Å²) in [7, 11) is 1.56. The fourth-order valence-electron chi connectivity index (χ4n) is 4.52. The van der Waals surface area contributed by atoms with Gasteiger partial charge < -0.3 is 24.8 Å². The van der Waals surface area contributed by atoms with Crippen LogP contribution in [0.2, 0.25) is 0 Å². The predicted octanol–water partition coefficient (Wildman–Crippen LogP) is 4.93. The first-order valence-electron chi connectivity index (χ1n) is 12.1. The van der Waals surface area contributed by atoms with E-state index in [2.05, 4.69) is 5.32 Å². The number of hydrogen-bond donors (Lipinski definition) is 2. The van der Waals surface area contributed by atoms with Crippen LogP contribution in [0.15, 0.2) is 54.6 Å². The molecule has 3 aromatic carbocycles. The van der Waals surface area contributed by atoms with E-state index in [9.17, 15) is 14.7 Å². The Morgan fingerprint density at radius 3 is 2.35 bits per heavy atom. The minimum Gasteiger partial charge on any atom is -0.493 e. The highest BCUT2D eigenvalue weighted by Crippen LogP contribution is 2.37. The van der Waals surface area contributed by atoms with Crippen molar-refractivity contribution in [3.05, 3.63) is 82.7 Å². The van der Waals surface area contributed by atoms with Gasteiger partial charge in [-0.15, -0.1) is 0 Å². The number of aliphatic hydroxyl groups is 1. The van der Waals surface area contributed by atoms with E-state index in [1.165, 1.54) is 30.9 Å². The summed E-state index contributed by atoms with van der Waals surface area (Å²) < 4.78 is 26.7. The van der Waals surface area contributed by atoms with E-state index in [4.69, 9.17) is 9.47 Å². The van der Waals surface area contributed by atoms with Crippen LogP contribution >= 0.6 is 0 Å². The number of hydrogen-bond acceptors (Lipinski definition) is 5. The van der Waals surface area contributed by atoms with Crippen LogP contribution < -0.4 is 19.7 Å². The lowest BCUT2D eigenvalue weighted by atomic mass is 9.87. The molecule has 1 aliphatic heterocycles. The number of anilines is 2. The summed E-state index contributed by atoms with van der Waals surface area (Å²) in [6.07, 6.45) is 0.0966. The van der Waals surface area contributed by atoms with Gasteiger partial charge in [0.2, 0.25) is 11.8 Å². The lowest BCUT2D eigenvalue weighted by Gasteiger charge is -2.31. The van der Waals surface area contributed by atoms with Gasteiger partial charge in [0.1, 0.15) is 11.4 Å². The van der Waals surface area contributed by atoms with Gasteiger partial charge in [0, 0.05) is 23.9 Å². The number of methoxy groups -OCH3 is 1. The van der Waals surface area contributed by atoms with Gasteiger partial charge in [0.15, 0.2) is 11.5 Å². The minimum absolute atomic E-state index is 0.0516. The van der Waals surface area contributed by atoms with Gasteiger partial charge in [-0.25, -0.2) is 4.39 Å². The second kappa shape index (κ2) is 10.2. The molecule has 0 fully saturated rings. The van der Waals surface area contributed by atoms with Gasteiger partial charge in [-0.2, -0.15) is 0 Å². The third-order valence-electron chi connectivity index (χ3n) is 6.38. The highest BCUT2D eigenvalue weighted by molar-refractivity contribution is 5.96. The van der Waals surface area contributed by atoms with Crippen LogP contribution in [-0.4, -0.2) is 30.1 Å². The number of nitrogens with one attached hydrogen (secondary N) is 1. The number of rotatable bonds is 7. The largest absolute Gasteiger partial charge is 0.493 e. The molecule has 1 heterocycles. The lowest BCUT2D eigenvalue weighted by molar-refractivity contribution is -0.118. The Labute approximate surface area is 215 Å². The van der Waals surface area contributed by atoms with Crippen LogP contribution in [0.1, 0.15) is 49.9 Å². The van der Waals surface area contributed by atoms with Gasteiger partial charge in [0.25, 0.3) is 0 Å². The molecule has 0 bridgehead atoms. The molecule has 0 aromatic heterocycles. The molecular formula is C29H31FN2O5. The van der Waals surface area contributed by atoms with Crippen molar-refractivity contribution in [1.82, 2.24) is 0 Å². The number of nitrogens with zero attached hydrogens (tertiary/aromatic N) is 1. The van der Waals surface area contributed by atoms with E-state index < -0.39 is 11.4 Å². The molecule has 3 aromatic rings. The zero-order valence-corrected chi connectivity index (χ0v) is 21.6. The molecular weight excluding hydrogens is 475 g/mol. The zero-order chi connectivity index (χ0) is 26.9. The molecule has 7 nitrogen and oxygen atoms in total. The first-order chi connectivity index (χ1) is 17.5. The van der Waals surface area contributed by atoms with Crippen LogP contribution in [0.5, 0.6) is 11.5 Å². The van der Waals surface area contributed by atoms with E-state index in [1.54, 1.807) is 37.4 Å². The third-order valence-corrected chi connectivity index (χ3v) is 6.38. The van der Waals surface area contributed by atoms with Crippen molar-refractivity contribution in [1.29, 1.82) is 0 Å². The minimum atomic E-state index is -1.63. The summed E-state index contributed by atoms with van der Waals surface area (Å²) in [4.78, 5) is 25.8. The van der Waals surface area contributed by atoms with Crippen molar-refractivity contribution in [3.63, 3.8) is 0 Å². The molecule has 0 spiro atoms. The molecule has 4 rings (SSSR count). The maximum Gasteiger partial charge on any atom is 0.231 e. The Hall–Kier alpha value is -3.91.